The molecule has 1 aliphatic heterocycles. The topological polar surface area (TPSA) is 15.3 Å². The summed E-state index contributed by atoms with van der Waals surface area (Å²) < 4.78 is 0. The van der Waals surface area contributed by atoms with E-state index in [1.807, 2.05) is 0 Å². The fraction of sp³-hybridized carbons (Fsp3) is 0.600. The van der Waals surface area contributed by atoms with Crippen molar-refractivity contribution in [1.29, 1.82) is 0 Å². The van der Waals surface area contributed by atoms with Crippen molar-refractivity contribution in [3.63, 3.8) is 0 Å². The summed E-state index contributed by atoms with van der Waals surface area (Å²) in [6.45, 7) is 4.63. The standard InChI is InChI=1S/C15H24N2/c1-13-12-15(8-10-16-13)17(2)11-9-14-6-4-3-5-7-14/h3-7,13,15-16H,8-12H2,1-2H3. The van der Waals surface area contributed by atoms with E-state index in [0.29, 0.717) is 6.04 Å². The van der Waals surface area contributed by atoms with Crippen LogP contribution in [0.5, 0.6) is 0 Å². The highest BCUT2D eigenvalue weighted by Crippen LogP contribution is 2.14. The molecule has 17 heavy (non-hydrogen) atoms. The Morgan fingerprint density at radius 1 is 1.29 bits per heavy atom. The molecule has 0 aromatic heterocycles. The van der Waals surface area contributed by atoms with Crippen molar-refractivity contribution in [2.45, 2.75) is 38.3 Å². The van der Waals surface area contributed by atoms with Crippen LogP contribution in [0.4, 0.5) is 0 Å². The average molecular weight is 232 g/mol. The molecule has 0 radical (unpaired) electrons. The van der Waals surface area contributed by atoms with Gasteiger partial charge in [0.2, 0.25) is 0 Å². The van der Waals surface area contributed by atoms with Gasteiger partial charge in [0.1, 0.15) is 0 Å². The van der Waals surface area contributed by atoms with Crippen LogP contribution in [-0.2, 0) is 6.42 Å². The summed E-state index contributed by atoms with van der Waals surface area (Å²) in [7, 11) is 2.27. The van der Waals surface area contributed by atoms with Gasteiger partial charge in [0.05, 0.1) is 0 Å². The molecule has 94 valence electrons. The Bertz CT molecular complexity index is 323. The molecule has 1 aromatic carbocycles. The van der Waals surface area contributed by atoms with E-state index in [2.05, 4.69) is 54.5 Å². The minimum absolute atomic E-state index is 0.674. The van der Waals surface area contributed by atoms with Gasteiger partial charge in [-0.15, -0.1) is 0 Å². The first-order chi connectivity index (χ1) is 8.25. The summed E-state index contributed by atoms with van der Waals surface area (Å²) in [5, 5.41) is 3.51. The predicted octanol–water partition coefficient (Wildman–Crippen LogP) is 2.30. The molecule has 2 nitrogen and oxygen atoms in total. The van der Waals surface area contributed by atoms with E-state index in [-0.39, 0.29) is 0 Å². The molecule has 2 atom stereocenters. The third-order valence-electron chi connectivity index (χ3n) is 3.82. The maximum absolute atomic E-state index is 3.51. The molecular formula is C15H24N2. The number of hydrogen-bond donors (Lipinski definition) is 1. The molecule has 2 heteroatoms. The van der Waals surface area contributed by atoms with Crippen molar-refractivity contribution < 1.29 is 0 Å². The van der Waals surface area contributed by atoms with E-state index < -0.39 is 0 Å². The van der Waals surface area contributed by atoms with Gasteiger partial charge in [0.15, 0.2) is 0 Å². The van der Waals surface area contributed by atoms with Crippen molar-refractivity contribution in [1.82, 2.24) is 10.2 Å². The molecule has 1 N–H and O–H groups in total. The molecule has 0 amide bonds. The molecule has 1 aliphatic rings. The monoisotopic (exact) mass is 232 g/mol. The number of rotatable bonds is 4. The number of hydrogen-bond acceptors (Lipinski definition) is 2. The average Bonchev–Trinajstić information content (AvgIpc) is 2.37. The Kier molecular flexibility index (Phi) is 4.57. The molecule has 0 saturated carbocycles. The van der Waals surface area contributed by atoms with Crippen LogP contribution in [0.2, 0.25) is 0 Å². The van der Waals surface area contributed by atoms with Crippen molar-refractivity contribution in [2.24, 2.45) is 0 Å². The third-order valence-corrected chi connectivity index (χ3v) is 3.82. The molecular weight excluding hydrogens is 208 g/mol. The maximum atomic E-state index is 3.51. The summed E-state index contributed by atoms with van der Waals surface area (Å²) >= 11 is 0. The van der Waals surface area contributed by atoms with E-state index in [1.165, 1.54) is 31.5 Å². The Morgan fingerprint density at radius 3 is 2.76 bits per heavy atom. The first-order valence-corrected chi connectivity index (χ1v) is 6.73. The fourth-order valence-corrected chi connectivity index (χ4v) is 2.64. The van der Waals surface area contributed by atoms with Gasteiger partial charge in [0, 0.05) is 18.6 Å². The lowest BCUT2D eigenvalue weighted by molar-refractivity contribution is 0.181. The van der Waals surface area contributed by atoms with Gasteiger partial charge in [-0.05, 0) is 45.3 Å². The lowest BCUT2D eigenvalue weighted by Crippen LogP contribution is -2.45. The second-order valence-corrected chi connectivity index (χ2v) is 5.25. The normalized spacial score (nSPS) is 25.1. The van der Waals surface area contributed by atoms with Gasteiger partial charge in [-0.3, -0.25) is 0 Å². The number of benzene rings is 1. The number of piperidine rings is 1. The minimum Gasteiger partial charge on any atom is -0.314 e. The number of likely N-dealkylation sites (N-methyl/N-ethyl adjacent to an activating group) is 1. The predicted molar refractivity (Wildman–Crippen MR) is 73.3 cm³/mol. The Balaban J connectivity index is 1.79. The van der Waals surface area contributed by atoms with Gasteiger partial charge in [0.25, 0.3) is 0 Å². The summed E-state index contributed by atoms with van der Waals surface area (Å²) in [6, 6.07) is 12.2. The molecule has 1 aromatic rings. The second kappa shape index (κ2) is 6.18. The van der Waals surface area contributed by atoms with Gasteiger partial charge < -0.3 is 10.2 Å². The fourth-order valence-electron chi connectivity index (χ4n) is 2.64. The molecule has 1 saturated heterocycles. The van der Waals surface area contributed by atoms with Crippen molar-refractivity contribution in [3.05, 3.63) is 35.9 Å². The van der Waals surface area contributed by atoms with Crippen molar-refractivity contribution in [3.8, 4) is 0 Å². The summed E-state index contributed by atoms with van der Waals surface area (Å²) in [5.41, 5.74) is 1.45. The molecule has 2 rings (SSSR count). The smallest absolute Gasteiger partial charge is 0.0119 e. The quantitative estimate of drug-likeness (QED) is 0.857. The SMILES string of the molecule is CC1CC(N(C)CCc2ccccc2)CCN1. The molecule has 1 fully saturated rings. The van der Waals surface area contributed by atoms with Crippen LogP contribution >= 0.6 is 0 Å². The zero-order valence-electron chi connectivity index (χ0n) is 11.0. The van der Waals surface area contributed by atoms with E-state index in [0.717, 1.165) is 12.5 Å². The van der Waals surface area contributed by atoms with Crippen LogP contribution in [0.15, 0.2) is 30.3 Å². The van der Waals surface area contributed by atoms with Crippen LogP contribution < -0.4 is 5.32 Å². The Labute approximate surface area is 105 Å². The van der Waals surface area contributed by atoms with Crippen LogP contribution in [0.1, 0.15) is 25.3 Å². The highest BCUT2D eigenvalue weighted by Gasteiger charge is 2.21. The second-order valence-electron chi connectivity index (χ2n) is 5.25. The minimum atomic E-state index is 0.674. The first-order valence-electron chi connectivity index (χ1n) is 6.73. The van der Waals surface area contributed by atoms with Crippen molar-refractivity contribution >= 4 is 0 Å². The number of nitrogens with one attached hydrogen (secondary N) is 1. The highest BCUT2D eigenvalue weighted by atomic mass is 15.1. The molecule has 0 aliphatic carbocycles. The molecule has 2 unspecified atom stereocenters. The first kappa shape index (κ1) is 12.6. The zero-order valence-corrected chi connectivity index (χ0v) is 11.0. The van der Waals surface area contributed by atoms with E-state index in [9.17, 15) is 0 Å². The summed E-state index contributed by atoms with van der Waals surface area (Å²) in [4.78, 5) is 2.53. The lowest BCUT2D eigenvalue weighted by Gasteiger charge is -2.34. The third kappa shape index (κ3) is 3.83. The summed E-state index contributed by atoms with van der Waals surface area (Å²) in [5.74, 6) is 0. The highest BCUT2D eigenvalue weighted by molar-refractivity contribution is 5.14. The van der Waals surface area contributed by atoms with E-state index in [4.69, 9.17) is 0 Å². The molecule has 1 heterocycles. The zero-order chi connectivity index (χ0) is 12.1. The Morgan fingerprint density at radius 2 is 2.06 bits per heavy atom. The maximum Gasteiger partial charge on any atom is 0.0119 e. The van der Waals surface area contributed by atoms with Crippen LogP contribution in [0.3, 0.4) is 0 Å². The van der Waals surface area contributed by atoms with E-state index >= 15 is 0 Å². The largest absolute Gasteiger partial charge is 0.314 e. The van der Waals surface area contributed by atoms with Gasteiger partial charge in [-0.25, -0.2) is 0 Å². The van der Waals surface area contributed by atoms with Gasteiger partial charge >= 0.3 is 0 Å². The number of nitrogens with zero attached hydrogens (tertiary/aromatic N) is 1. The van der Waals surface area contributed by atoms with E-state index in [1.54, 1.807) is 0 Å². The Hall–Kier alpha value is -0.860. The summed E-state index contributed by atoms with van der Waals surface area (Å²) in [6.07, 6.45) is 3.73. The molecule has 0 bridgehead atoms. The van der Waals surface area contributed by atoms with Crippen LogP contribution in [0.25, 0.3) is 0 Å². The van der Waals surface area contributed by atoms with Crippen molar-refractivity contribution in [2.75, 3.05) is 20.1 Å². The molecule has 0 spiro atoms. The lowest BCUT2D eigenvalue weighted by atomic mass is 9.99. The van der Waals surface area contributed by atoms with Crippen LogP contribution in [-0.4, -0.2) is 37.1 Å². The van der Waals surface area contributed by atoms with Gasteiger partial charge in [-0.1, -0.05) is 30.3 Å². The van der Waals surface area contributed by atoms with Gasteiger partial charge in [-0.2, -0.15) is 0 Å². The van der Waals surface area contributed by atoms with Crippen LogP contribution in [0, 0.1) is 0 Å².